The van der Waals surface area contributed by atoms with E-state index in [9.17, 15) is 13.6 Å². The molecular formula is C17H13F2N5O2. The average molecular weight is 357 g/mol. The van der Waals surface area contributed by atoms with Crippen molar-refractivity contribution in [1.29, 1.82) is 0 Å². The lowest BCUT2D eigenvalue weighted by atomic mass is 10.2. The number of nitrogens with zero attached hydrogens (tertiary/aromatic N) is 5. The lowest BCUT2D eigenvalue weighted by molar-refractivity contribution is 0.0116. The molecule has 0 aliphatic carbocycles. The van der Waals surface area contributed by atoms with Gasteiger partial charge in [-0.05, 0) is 12.1 Å². The highest BCUT2D eigenvalue weighted by atomic mass is 19.3. The molecule has 4 rings (SSSR count). The minimum atomic E-state index is -3.05. The number of likely N-dealkylation sites (tertiary alicyclic amines) is 1. The molecule has 1 amide bonds. The van der Waals surface area contributed by atoms with Crippen molar-refractivity contribution in [3.05, 3.63) is 60.5 Å². The lowest BCUT2D eigenvalue weighted by Gasteiger charge is -2.20. The molecule has 1 atom stereocenters. The van der Waals surface area contributed by atoms with Gasteiger partial charge in [0.15, 0.2) is 0 Å². The zero-order valence-electron chi connectivity index (χ0n) is 13.4. The maximum Gasteiger partial charge on any atom is 0.274 e. The van der Waals surface area contributed by atoms with Crippen molar-refractivity contribution in [3.8, 4) is 11.5 Å². The standard InChI is InChI=1S/C17H13F2N5O2/c18-17(19)8-13(24(10-17)16(25)12-9-20-6-7-21-12)15-23-22-14(26-15)11-4-2-1-3-5-11/h1-7,9,13H,8,10H2/t13-/m0/s1. The monoisotopic (exact) mass is 357 g/mol. The third-order valence-electron chi connectivity index (χ3n) is 4.06. The highest BCUT2D eigenvalue weighted by Crippen LogP contribution is 2.41. The fourth-order valence-corrected chi connectivity index (χ4v) is 2.87. The summed E-state index contributed by atoms with van der Waals surface area (Å²) < 4.78 is 33.6. The molecule has 0 N–H and O–H groups in total. The van der Waals surface area contributed by atoms with E-state index in [0.29, 0.717) is 5.56 Å². The number of alkyl halides is 2. The van der Waals surface area contributed by atoms with Gasteiger partial charge in [0.1, 0.15) is 11.7 Å². The average Bonchev–Trinajstić information content (AvgIpc) is 3.27. The van der Waals surface area contributed by atoms with E-state index in [2.05, 4.69) is 20.2 Å². The predicted octanol–water partition coefficient (Wildman–Crippen LogP) is 2.75. The van der Waals surface area contributed by atoms with E-state index in [1.165, 1.54) is 18.6 Å². The summed E-state index contributed by atoms with van der Waals surface area (Å²) in [6.45, 7) is -0.740. The summed E-state index contributed by atoms with van der Waals surface area (Å²) in [6, 6.07) is 7.94. The van der Waals surface area contributed by atoms with Gasteiger partial charge in [0.25, 0.3) is 11.8 Å². The minimum Gasteiger partial charge on any atom is -0.418 e. The zero-order chi connectivity index (χ0) is 18.1. The smallest absolute Gasteiger partial charge is 0.274 e. The van der Waals surface area contributed by atoms with Gasteiger partial charge in [-0.3, -0.25) is 9.78 Å². The summed E-state index contributed by atoms with van der Waals surface area (Å²) in [4.78, 5) is 21.3. The minimum absolute atomic E-state index is 0.0157. The number of hydrogen-bond acceptors (Lipinski definition) is 6. The fourth-order valence-electron chi connectivity index (χ4n) is 2.87. The van der Waals surface area contributed by atoms with Crippen LogP contribution in [0.5, 0.6) is 0 Å². The van der Waals surface area contributed by atoms with E-state index in [1.807, 2.05) is 6.07 Å². The van der Waals surface area contributed by atoms with Crippen LogP contribution in [0.25, 0.3) is 11.5 Å². The van der Waals surface area contributed by atoms with Crippen molar-refractivity contribution in [2.24, 2.45) is 0 Å². The molecule has 132 valence electrons. The maximum absolute atomic E-state index is 14.0. The molecule has 1 aliphatic rings. The maximum atomic E-state index is 14.0. The number of amides is 1. The number of carbonyl (C=O) groups is 1. The molecule has 0 saturated carbocycles. The highest BCUT2D eigenvalue weighted by molar-refractivity contribution is 5.92. The summed E-state index contributed by atoms with van der Waals surface area (Å²) in [5.41, 5.74) is 0.654. The van der Waals surface area contributed by atoms with Crippen LogP contribution in [0.15, 0.2) is 53.3 Å². The molecule has 1 saturated heterocycles. The second kappa shape index (κ2) is 6.25. The van der Waals surface area contributed by atoms with Crippen molar-refractivity contribution < 1.29 is 18.0 Å². The molecule has 0 bridgehead atoms. The highest BCUT2D eigenvalue weighted by Gasteiger charge is 2.50. The van der Waals surface area contributed by atoms with Crippen LogP contribution in [0.2, 0.25) is 0 Å². The normalized spacial score (nSPS) is 18.8. The molecule has 7 nitrogen and oxygen atoms in total. The third kappa shape index (κ3) is 3.03. The van der Waals surface area contributed by atoms with Crippen LogP contribution in [0.4, 0.5) is 8.78 Å². The van der Waals surface area contributed by atoms with Crippen LogP contribution in [0, 0.1) is 0 Å². The summed E-state index contributed by atoms with van der Waals surface area (Å²) in [5, 5.41) is 7.80. The second-order valence-electron chi connectivity index (χ2n) is 5.91. The summed E-state index contributed by atoms with van der Waals surface area (Å²) >= 11 is 0. The summed E-state index contributed by atoms with van der Waals surface area (Å²) in [5.74, 6) is -3.52. The molecule has 1 aromatic carbocycles. The second-order valence-corrected chi connectivity index (χ2v) is 5.91. The van der Waals surface area contributed by atoms with Gasteiger partial charge in [0.05, 0.1) is 12.7 Å². The molecule has 3 heterocycles. The van der Waals surface area contributed by atoms with E-state index < -0.39 is 30.8 Å². The van der Waals surface area contributed by atoms with E-state index in [-0.39, 0.29) is 17.5 Å². The zero-order valence-corrected chi connectivity index (χ0v) is 13.4. The van der Waals surface area contributed by atoms with Crippen LogP contribution in [-0.4, -0.2) is 43.4 Å². The van der Waals surface area contributed by atoms with Gasteiger partial charge in [-0.15, -0.1) is 10.2 Å². The quantitative estimate of drug-likeness (QED) is 0.717. The van der Waals surface area contributed by atoms with Crippen LogP contribution in [-0.2, 0) is 0 Å². The molecular weight excluding hydrogens is 344 g/mol. The van der Waals surface area contributed by atoms with Gasteiger partial charge in [0.2, 0.25) is 11.8 Å². The van der Waals surface area contributed by atoms with E-state index >= 15 is 0 Å². The van der Waals surface area contributed by atoms with Gasteiger partial charge in [-0.1, -0.05) is 18.2 Å². The van der Waals surface area contributed by atoms with Crippen molar-refractivity contribution in [2.45, 2.75) is 18.4 Å². The molecule has 26 heavy (non-hydrogen) atoms. The van der Waals surface area contributed by atoms with Gasteiger partial charge < -0.3 is 9.32 Å². The number of aromatic nitrogens is 4. The number of rotatable bonds is 3. The SMILES string of the molecule is O=C(c1cnccn1)N1CC(F)(F)C[C@H]1c1nnc(-c2ccccc2)o1. The Morgan fingerprint density at radius 1 is 1.19 bits per heavy atom. The number of halogens is 2. The summed E-state index contributed by atoms with van der Waals surface area (Å²) in [7, 11) is 0. The van der Waals surface area contributed by atoms with Gasteiger partial charge in [0, 0.05) is 24.4 Å². The van der Waals surface area contributed by atoms with Crippen molar-refractivity contribution in [3.63, 3.8) is 0 Å². The van der Waals surface area contributed by atoms with Gasteiger partial charge in [-0.2, -0.15) is 0 Å². The van der Waals surface area contributed by atoms with Crippen molar-refractivity contribution >= 4 is 5.91 Å². The first-order valence-electron chi connectivity index (χ1n) is 7.87. The van der Waals surface area contributed by atoms with E-state index in [0.717, 1.165) is 4.90 Å². The van der Waals surface area contributed by atoms with E-state index in [1.54, 1.807) is 24.3 Å². The van der Waals surface area contributed by atoms with Crippen molar-refractivity contribution in [1.82, 2.24) is 25.1 Å². The Balaban J connectivity index is 1.66. The van der Waals surface area contributed by atoms with Gasteiger partial charge in [-0.25, -0.2) is 13.8 Å². The van der Waals surface area contributed by atoms with Crippen molar-refractivity contribution in [2.75, 3.05) is 6.54 Å². The third-order valence-corrected chi connectivity index (χ3v) is 4.06. The topological polar surface area (TPSA) is 85.0 Å². The Morgan fingerprint density at radius 3 is 2.73 bits per heavy atom. The van der Waals surface area contributed by atoms with Gasteiger partial charge >= 0.3 is 0 Å². The molecule has 0 spiro atoms. The molecule has 2 aromatic heterocycles. The fraction of sp³-hybridized carbons (Fsp3) is 0.235. The molecule has 1 fully saturated rings. The molecule has 9 heteroatoms. The molecule has 3 aromatic rings. The van der Waals surface area contributed by atoms with E-state index in [4.69, 9.17) is 4.42 Å². The Morgan fingerprint density at radius 2 is 2.00 bits per heavy atom. The Labute approximate surface area is 146 Å². The Bertz CT molecular complexity index is 917. The number of carbonyl (C=O) groups excluding carboxylic acids is 1. The van der Waals surface area contributed by atoms with Crippen LogP contribution < -0.4 is 0 Å². The molecule has 1 aliphatic heterocycles. The Hall–Kier alpha value is -3.23. The largest absolute Gasteiger partial charge is 0.418 e. The first kappa shape index (κ1) is 16.2. The summed E-state index contributed by atoms with van der Waals surface area (Å²) in [6.07, 6.45) is 3.38. The van der Waals surface area contributed by atoms with Crippen LogP contribution in [0.1, 0.15) is 28.8 Å². The Kier molecular flexibility index (Phi) is 3.90. The molecule has 0 radical (unpaired) electrons. The van der Waals surface area contributed by atoms with Crippen LogP contribution >= 0.6 is 0 Å². The number of benzene rings is 1. The predicted molar refractivity (Wildman–Crippen MR) is 85.1 cm³/mol. The molecule has 0 unspecified atom stereocenters. The number of hydrogen-bond donors (Lipinski definition) is 0. The first-order valence-corrected chi connectivity index (χ1v) is 7.87. The first-order chi connectivity index (χ1) is 12.5. The van der Waals surface area contributed by atoms with Crippen LogP contribution in [0.3, 0.4) is 0 Å². The lowest BCUT2D eigenvalue weighted by Crippen LogP contribution is -2.33.